The summed E-state index contributed by atoms with van der Waals surface area (Å²) < 4.78 is 15.7. The molecule has 0 aliphatic heterocycles. The maximum Gasteiger partial charge on any atom is 0.164 e. The number of nitrogen functional groups attached to an aromatic ring is 1. The van der Waals surface area contributed by atoms with Gasteiger partial charge in [0.25, 0.3) is 0 Å². The van der Waals surface area contributed by atoms with Crippen molar-refractivity contribution in [3.05, 3.63) is 77.0 Å². The van der Waals surface area contributed by atoms with Crippen molar-refractivity contribution >= 4 is 39.4 Å². The first kappa shape index (κ1) is 18.4. The summed E-state index contributed by atoms with van der Waals surface area (Å²) >= 11 is 6.44. The van der Waals surface area contributed by atoms with Gasteiger partial charge in [0.05, 0.1) is 17.4 Å². The van der Waals surface area contributed by atoms with Crippen molar-refractivity contribution < 1.29 is 4.39 Å². The number of benzene rings is 2. The number of para-hydroxylation sites is 1. The molecule has 2 aromatic carbocycles. The van der Waals surface area contributed by atoms with Crippen LogP contribution in [0.15, 0.2) is 54.9 Å². The number of hydrogen-bond donors (Lipinski definition) is 1. The van der Waals surface area contributed by atoms with Gasteiger partial charge < -0.3 is 5.73 Å². The Labute approximate surface area is 176 Å². The monoisotopic (exact) mass is 418 g/mol. The van der Waals surface area contributed by atoms with E-state index in [0.717, 1.165) is 22.0 Å². The number of fused-ring (bicyclic) bond motifs is 2. The van der Waals surface area contributed by atoms with E-state index in [-0.39, 0.29) is 11.6 Å². The summed E-state index contributed by atoms with van der Waals surface area (Å²) in [6.07, 6.45) is 1.39. The molecule has 0 aliphatic rings. The van der Waals surface area contributed by atoms with Crippen LogP contribution in [0.4, 0.5) is 10.2 Å². The highest BCUT2D eigenvalue weighted by Gasteiger charge is 2.19. The lowest BCUT2D eigenvalue weighted by Gasteiger charge is -2.07. The number of hydrogen-bond acceptors (Lipinski definition) is 5. The van der Waals surface area contributed by atoms with Gasteiger partial charge in [-0.3, -0.25) is 0 Å². The Hall–Kier alpha value is -3.58. The predicted octanol–water partition coefficient (Wildman–Crippen LogP) is 4.77. The van der Waals surface area contributed by atoms with Gasteiger partial charge >= 0.3 is 0 Å². The maximum absolute atomic E-state index is 14.0. The average molecular weight is 419 g/mol. The third kappa shape index (κ3) is 3.13. The molecule has 0 aliphatic carbocycles. The topological polar surface area (TPSA) is 82.5 Å². The second-order valence-electron chi connectivity index (χ2n) is 7.11. The lowest BCUT2D eigenvalue weighted by molar-refractivity contribution is 0.627. The van der Waals surface area contributed by atoms with E-state index in [9.17, 15) is 4.39 Å². The van der Waals surface area contributed by atoms with E-state index in [1.807, 2.05) is 43.3 Å². The van der Waals surface area contributed by atoms with Crippen molar-refractivity contribution in [2.45, 2.75) is 13.5 Å². The molecule has 8 heteroatoms. The van der Waals surface area contributed by atoms with Crippen molar-refractivity contribution in [2.24, 2.45) is 0 Å². The maximum atomic E-state index is 14.0. The van der Waals surface area contributed by atoms with Crippen LogP contribution in [0.2, 0.25) is 5.15 Å². The molecule has 3 heterocycles. The Bertz CT molecular complexity index is 1410. The molecule has 0 radical (unpaired) electrons. The summed E-state index contributed by atoms with van der Waals surface area (Å²) in [6.45, 7) is 2.16. The number of rotatable bonds is 3. The van der Waals surface area contributed by atoms with Crippen molar-refractivity contribution in [3.63, 3.8) is 0 Å². The van der Waals surface area contributed by atoms with E-state index in [0.29, 0.717) is 34.0 Å². The number of halogens is 2. The van der Waals surface area contributed by atoms with E-state index in [1.165, 1.54) is 18.5 Å². The lowest BCUT2D eigenvalue weighted by Crippen LogP contribution is -2.05. The van der Waals surface area contributed by atoms with Crippen molar-refractivity contribution in [2.75, 3.05) is 5.73 Å². The average Bonchev–Trinajstić information content (AvgIpc) is 3.08. The molecule has 0 saturated heterocycles. The van der Waals surface area contributed by atoms with E-state index < -0.39 is 0 Å². The Morgan fingerprint density at radius 3 is 2.77 bits per heavy atom. The fourth-order valence-corrected chi connectivity index (χ4v) is 3.83. The summed E-state index contributed by atoms with van der Waals surface area (Å²) in [7, 11) is 0. The second kappa shape index (κ2) is 7.03. The summed E-state index contributed by atoms with van der Waals surface area (Å²) in [4.78, 5) is 12.9. The van der Waals surface area contributed by atoms with Gasteiger partial charge in [-0.25, -0.2) is 24.0 Å². The van der Waals surface area contributed by atoms with Crippen LogP contribution in [-0.2, 0) is 6.54 Å². The minimum atomic E-state index is -0.343. The molecule has 0 amide bonds. The van der Waals surface area contributed by atoms with Gasteiger partial charge in [0.15, 0.2) is 5.65 Å². The minimum absolute atomic E-state index is 0.283. The highest BCUT2D eigenvalue weighted by molar-refractivity contribution is 6.30. The molecule has 0 spiro atoms. The standard InChI is InChI=1S/C22H16ClFN6/c1-12-6-14(9-16(24)7-12)19-18-21(25)26-11-27-22(18)30(29-19)10-15-8-13-4-2-3-5-17(13)28-20(15)23/h2-9,11H,10H2,1H3,(H2,25,26,27). The molecule has 3 aromatic heterocycles. The Kier molecular flexibility index (Phi) is 4.33. The van der Waals surface area contributed by atoms with Gasteiger partial charge in [-0.15, -0.1) is 0 Å². The van der Waals surface area contributed by atoms with E-state index in [4.69, 9.17) is 22.4 Å². The SMILES string of the molecule is Cc1cc(F)cc(-c2nn(Cc3cc4ccccc4nc3Cl)c3ncnc(N)c23)c1. The molecular weight excluding hydrogens is 403 g/mol. The number of anilines is 1. The summed E-state index contributed by atoms with van der Waals surface area (Å²) in [6, 6.07) is 14.5. The molecule has 2 N–H and O–H groups in total. The molecule has 0 unspecified atom stereocenters. The molecule has 6 nitrogen and oxygen atoms in total. The normalized spacial score (nSPS) is 11.4. The van der Waals surface area contributed by atoms with E-state index in [2.05, 4.69) is 15.0 Å². The van der Waals surface area contributed by atoms with Gasteiger partial charge in [-0.2, -0.15) is 5.10 Å². The highest BCUT2D eigenvalue weighted by atomic mass is 35.5. The van der Waals surface area contributed by atoms with Crippen LogP contribution in [-0.4, -0.2) is 24.7 Å². The molecule has 5 rings (SSSR count). The number of pyridine rings is 1. The van der Waals surface area contributed by atoms with Gasteiger partial charge in [0, 0.05) is 16.5 Å². The lowest BCUT2D eigenvalue weighted by atomic mass is 10.1. The van der Waals surface area contributed by atoms with Crippen LogP contribution in [0.25, 0.3) is 33.2 Å². The van der Waals surface area contributed by atoms with Crippen LogP contribution < -0.4 is 5.73 Å². The molecule has 0 atom stereocenters. The molecular formula is C22H16ClFN6. The number of nitrogens with two attached hydrogens (primary N) is 1. The Morgan fingerprint density at radius 1 is 1.10 bits per heavy atom. The summed E-state index contributed by atoms with van der Waals surface area (Å²) in [5.74, 6) is -0.0595. The first-order valence-electron chi connectivity index (χ1n) is 9.28. The van der Waals surface area contributed by atoms with Gasteiger partial charge in [-0.05, 0) is 42.8 Å². The van der Waals surface area contributed by atoms with Crippen molar-refractivity contribution in [1.82, 2.24) is 24.7 Å². The van der Waals surface area contributed by atoms with Gasteiger partial charge in [0.1, 0.15) is 28.8 Å². The first-order valence-corrected chi connectivity index (χ1v) is 9.66. The highest BCUT2D eigenvalue weighted by Crippen LogP contribution is 2.32. The van der Waals surface area contributed by atoms with Crippen LogP contribution in [0.3, 0.4) is 0 Å². The largest absolute Gasteiger partial charge is 0.383 e. The van der Waals surface area contributed by atoms with E-state index in [1.54, 1.807) is 4.68 Å². The summed E-state index contributed by atoms with van der Waals surface area (Å²) in [5, 5.41) is 6.64. The van der Waals surface area contributed by atoms with Gasteiger partial charge in [0.2, 0.25) is 0 Å². The molecule has 30 heavy (non-hydrogen) atoms. The number of aromatic nitrogens is 5. The number of aryl methyl sites for hydroxylation is 1. The summed E-state index contributed by atoms with van der Waals surface area (Å²) in [5.41, 5.74) is 10.2. The molecule has 5 aromatic rings. The van der Waals surface area contributed by atoms with Gasteiger partial charge in [-0.1, -0.05) is 29.8 Å². The van der Waals surface area contributed by atoms with Crippen LogP contribution >= 0.6 is 11.6 Å². The van der Waals surface area contributed by atoms with Crippen molar-refractivity contribution in [1.29, 1.82) is 0 Å². The number of nitrogens with zero attached hydrogens (tertiary/aromatic N) is 5. The zero-order valence-corrected chi connectivity index (χ0v) is 16.7. The molecule has 0 saturated carbocycles. The third-order valence-corrected chi connectivity index (χ3v) is 5.27. The zero-order valence-electron chi connectivity index (χ0n) is 16.0. The third-order valence-electron chi connectivity index (χ3n) is 4.94. The molecule has 0 bridgehead atoms. The minimum Gasteiger partial charge on any atom is -0.383 e. The first-order chi connectivity index (χ1) is 14.5. The van der Waals surface area contributed by atoms with Crippen LogP contribution in [0.5, 0.6) is 0 Å². The fourth-order valence-electron chi connectivity index (χ4n) is 3.62. The Balaban J connectivity index is 1.69. The predicted molar refractivity (Wildman–Crippen MR) is 116 cm³/mol. The second-order valence-corrected chi connectivity index (χ2v) is 7.47. The Morgan fingerprint density at radius 2 is 1.93 bits per heavy atom. The zero-order chi connectivity index (χ0) is 20.8. The van der Waals surface area contributed by atoms with E-state index >= 15 is 0 Å². The molecule has 148 valence electrons. The van der Waals surface area contributed by atoms with Crippen molar-refractivity contribution in [3.8, 4) is 11.3 Å². The molecule has 0 fully saturated rings. The smallest absolute Gasteiger partial charge is 0.164 e. The van der Waals surface area contributed by atoms with Crippen LogP contribution in [0.1, 0.15) is 11.1 Å². The van der Waals surface area contributed by atoms with Crippen LogP contribution in [0, 0.1) is 12.7 Å². The fraction of sp³-hybridized carbons (Fsp3) is 0.0909. The quantitative estimate of drug-likeness (QED) is 0.426.